The van der Waals surface area contributed by atoms with Gasteiger partial charge in [-0.25, -0.2) is 4.98 Å². The average molecular weight is 388 g/mol. The molecule has 1 fully saturated rings. The lowest BCUT2D eigenvalue weighted by molar-refractivity contribution is -0.139. The van der Waals surface area contributed by atoms with Crippen LogP contribution >= 0.6 is 24.8 Å². The monoisotopic (exact) mass is 387 g/mol. The minimum atomic E-state index is -0.296. The van der Waals surface area contributed by atoms with Crippen molar-refractivity contribution < 1.29 is 9.53 Å². The summed E-state index contributed by atoms with van der Waals surface area (Å²) in [6.45, 7) is 3.34. The van der Waals surface area contributed by atoms with Gasteiger partial charge in [0.1, 0.15) is 11.9 Å². The Morgan fingerprint density at radius 3 is 2.76 bits per heavy atom. The number of nitrogens with zero attached hydrogens (tertiary/aromatic N) is 3. The highest BCUT2D eigenvalue weighted by Gasteiger charge is 2.28. The fourth-order valence-electron chi connectivity index (χ4n) is 2.67. The Bertz CT molecular complexity index is 668. The van der Waals surface area contributed by atoms with Gasteiger partial charge in [0.2, 0.25) is 5.91 Å². The first-order valence-corrected chi connectivity index (χ1v) is 7.72. The number of amides is 1. The van der Waals surface area contributed by atoms with Crippen LogP contribution in [0.2, 0.25) is 0 Å². The number of hydrogen-bond donors (Lipinski definition) is 2. The minimum absolute atomic E-state index is 0. The highest BCUT2D eigenvalue weighted by molar-refractivity contribution is 5.85. The third-order valence-electron chi connectivity index (χ3n) is 3.94. The fourth-order valence-corrected chi connectivity index (χ4v) is 2.67. The summed E-state index contributed by atoms with van der Waals surface area (Å²) in [4.78, 5) is 18.6. The van der Waals surface area contributed by atoms with Gasteiger partial charge >= 0.3 is 0 Å². The maximum atomic E-state index is 12.5. The van der Waals surface area contributed by atoms with Crippen LogP contribution in [0.5, 0.6) is 0 Å². The molecule has 0 spiro atoms. The number of rotatable bonds is 4. The molecule has 1 aromatic carbocycles. The molecule has 138 valence electrons. The van der Waals surface area contributed by atoms with Gasteiger partial charge in [-0.1, -0.05) is 30.3 Å². The molecule has 1 aromatic heterocycles. The summed E-state index contributed by atoms with van der Waals surface area (Å²) in [5.74, 6) is 1.35. The molecule has 1 saturated heterocycles. The highest BCUT2D eigenvalue weighted by Crippen LogP contribution is 2.21. The van der Waals surface area contributed by atoms with Crippen LogP contribution in [0.1, 0.15) is 35.8 Å². The van der Waals surface area contributed by atoms with E-state index in [0.717, 1.165) is 11.4 Å². The summed E-state index contributed by atoms with van der Waals surface area (Å²) >= 11 is 0. The summed E-state index contributed by atoms with van der Waals surface area (Å²) in [5, 5.41) is 6.92. The lowest BCUT2D eigenvalue weighted by Gasteiger charge is -2.32. The van der Waals surface area contributed by atoms with Crippen molar-refractivity contribution in [1.29, 1.82) is 0 Å². The number of morpholine rings is 1. The zero-order valence-corrected chi connectivity index (χ0v) is 15.6. The standard InChI is InChI=1S/C16H21N5O2.2ClH/c1-11-18-16(20-19-11)14-10-21(7-8-23-14)15(22)9-13(17)12-5-3-2-4-6-12;;/h2-6,13-14H,7-10,17H2,1H3,(H,18,19,20);2*1H. The van der Waals surface area contributed by atoms with Gasteiger partial charge in [-0.05, 0) is 12.5 Å². The topological polar surface area (TPSA) is 97.1 Å². The van der Waals surface area contributed by atoms with Gasteiger partial charge < -0.3 is 15.4 Å². The number of aromatic nitrogens is 3. The van der Waals surface area contributed by atoms with E-state index in [2.05, 4.69) is 15.2 Å². The van der Waals surface area contributed by atoms with Crippen LogP contribution in [0.3, 0.4) is 0 Å². The van der Waals surface area contributed by atoms with Gasteiger partial charge in [-0.3, -0.25) is 9.89 Å². The number of nitrogens with two attached hydrogens (primary N) is 1. The summed E-state index contributed by atoms with van der Waals surface area (Å²) < 4.78 is 5.68. The number of carbonyl (C=O) groups excluding carboxylic acids is 1. The maximum absolute atomic E-state index is 12.5. The van der Waals surface area contributed by atoms with E-state index in [-0.39, 0.29) is 49.3 Å². The number of ether oxygens (including phenoxy) is 1. The molecule has 0 radical (unpaired) electrons. The number of halogens is 2. The van der Waals surface area contributed by atoms with Crippen LogP contribution < -0.4 is 5.73 Å². The van der Waals surface area contributed by atoms with Crippen LogP contribution in [0, 0.1) is 6.92 Å². The molecular weight excluding hydrogens is 365 g/mol. The molecule has 3 N–H and O–H groups in total. The number of aryl methyl sites for hydroxylation is 1. The van der Waals surface area contributed by atoms with E-state index in [4.69, 9.17) is 10.5 Å². The number of aromatic amines is 1. The lowest BCUT2D eigenvalue weighted by atomic mass is 10.0. The first-order chi connectivity index (χ1) is 11.1. The second-order valence-electron chi connectivity index (χ2n) is 5.70. The zero-order valence-electron chi connectivity index (χ0n) is 13.9. The Kier molecular flexibility index (Phi) is 8.31. The van der Waals surface area contributed by atoms with E-state index in [9.17, 15) is 4.79 Å². The van der Waals surface area contributed by atoms with E-state index >= 15 is 0 Å². The van der Waals surface area contributed by atoms with E-state index < -0.39 is 0 Å². The molecule has 2 heterocycles. The van der Waals surface area contributed by atoms with Gasteiger partial charge in [-0.15, -0.1) is 24.8 Å². The third kappa shape index (κ3) is 5.40. The molecule has 0 aliphatic carbocycles. The minimum Gasteiger partial charge on any atom is -0.366 e. The van der Waals surface area contributed by atoms with E-state index in [1.54, 1.807) is 4.90 Å². The Hall–Kier alpha value is -1.67. The van der Waals surface area contributed by atoms with Crippen LogP contribution in [-0.4, -0.2) is 45.7 Å². The van der Waals surface area contributed by atoms with E-state index in [0.29, 0.717) is 25.5 Å². The second kappa shape index (κ2) is 9.72. The lowest BCUT2D eigenvalue weighted by Crippen LogP contribution is -2.43. The number of nitrogens with one attached hydrogen (secondary N) is 1. The first kappa shape index (κ1) is 21.4. The molecule has 1 amide bonds. The van der Waals surface area contributed by atoms with E-state index in [1.165, 1.54) is 0 Å². The Balaban J connectivity index is 0.00000156. The van der Waals surface area contributed by atoms with Crippen molar-refractivity contribution in [1.82, 2.24) is 20.1 Å². The highest BCUT2D eigenvalue weighted by atomic mass is 35.5. The smallest absolute Gasteiger partial charge is 0.224 e. The molecule has 9 heteroatoms. The average Bonchev–Trinajstić information content (AvgIpc) is 3.02. The third-order valence-corrected chi connectivity index (χ3v) is 3.94. The van der Waals surface area contributed by atoms with Gasteiger partial charge in [0.05, 0.1) is 13.2 Å². The molecule has 2 unspecified atom stereocenters. The molecule has 25 heavy (non-hydrogen) atoms. The molecule has 3 rings (SSSR count). The summed E-state index contributed by atoms with van der Waals surface area (Å²) in [5.41, 5.74) is 7.11. The molecule has 7 nitrogen and oxygen atoms in total. The van der Waals surface area contributed by atoms with Crippen LogP contribution in [0.4, 0.5) is 0 Å². The Morgan fingerprint density at radius 2 is 2.12 bits per heavy atom. The number of H-pyrrole nitrogens is 1. The van der Waals surface area contributed by atoms with Gasteiger partial charge in [0.25, 0.3) is 0 Å². The number of benzene rings is 1. The molecule has 0 bridgehead atoms. The van der Waals surface area contributed by atoms with Crippen LogP contribution in [-0.2, 0) is 9.53 Å². The predicted molar refractivity (Wildman–Crippen MR) is 98.9 cm³/mol. The van der Waals surface area contributed by atoms with Crippen molar-refractivity contribution >= 4 is 30.7 Å². The Morgan fingerprint density at radius 1 is 1.40 bits per heavy atom. The molecule has 2 aromatic rings. The van der Waals surface area contributed by atoms with Gasteiger partial charge in [0, 0.05) is 19.0 Å². The quantitative estimate of drug-likeness (QED) is 0.835. The maximum Gasteiger partial charge on any atom is 0.224 e. The fraction of sp³-hybridized carbons (Fsp3) is 0.438. The zero-order chi connectivity index (χ0) is 16.2. The van der Waals surface area contributed by atoms with Crippen molar-refractivity contribution in [2.45, 2.75) is 25.5 Å². The predicted octanol–water partition coefficient (Wildman–Crippen LogP) is 1.95. The van der Waals surface area contributed by atoms with Gasteiger partial charge in [0.15, 0.2) is 5.82 Å². The molecule has 0 saturated carbocycles. The van der Waals surface area contributed by atoms with Crippen molar-refractivity contribution in [3.63, 3.8) is 0 Å². The first-order valence-electron chi connectivity index (χ1n) is 7.72. The summed E-state index contributed by atoms with van der Waals surface area (Å²) in [6.07, 6.45) is -0.00498. The van der Waals surface area contributed by atoms with E-state index in [1.807, 2.05) is 37.3 Å². The molecule has 1 aliphatic heterocycles. The van der Waals surface area contributed by atoms with Gasteiger partial charge in [-0.2, -0.15) is 5.10 Å². The van der Waals surface area contributed by atoms with Crippen molar-refractivity contribution in [2.75, 3.05) is 19.7 Å². The molecular formula is C16H23Cl2N5O2. The molecule has 1 aliphatic rings. The van der Waals surface area contributed by atoms with Crippen LogP contribution in [0.15, 0.2) is 30.3 Å². The second-order valence-corrected chi connectivity index (χ2v) is 5.70. The van der Waals surface area contributed by atoms with Crippen molar-refractivity contribution in [3.8, 4) is 0 Å². The number of carbonyl (C=O) groups is 1. The summed E-state index contributed by atoms with van der Waals surface area (Å²) in [7, 11) is 0. The largest absolute Gasteiger partial charge is 0.366 e. The molecule has 2 atom stereocenters. The van der Waals surface area contributed by atoms with Crippen molar-refractivity contribution in [3.05, 3.63) is 47.5 Å². The summed E-state index contributed by atoms with van der Waals surface area (Å²) in [6, 6.07) is 9.37. The Labute approximate surface area is 159 Å². The van der Waals surface area contributed by atoms with Crippen LogP contribution in [0.25, 0.3) is 0 Å². The normalized spacial score (nSPS) is 18.0. The SMILES string of the molecule is Cc1nc(C2CN(C(=O)CC(N)c3ccccc3)CCO2)n[nH]1.Cl.Cl. The van der Waals surface area contributed by atoms with Crippen molar-refractivity contribution in [2.24, 2.45) is 5.73 Å². The number of hydrogen-bond acceptors (Lipinski definition) is 5.